The van der Waals surface area contributed by atoms with Gasteiger partial charge in [-0.15, -0.1) is 0 Å². The molecule has 1 atom stereocenters. The van der Waals surface area contributed by atoms with Crippen LogP contribution >= 0.6 is 22.6 Å². The molecule has 3 rings (SSSR count). The van der Waals surface area contributed by atoms with Crippen molar-refractivity contribution in [3.05, 3.63) is 71.3 Å². The fraction of sp³-hybridized carbons (Fsp3) is 0.350. The van der Waals surface area contributed by atoms with E-state index in [4.69, 9.17) is 4.74 Å². The van der Waals surface area contributed by atoms with E-state index in [-0.39, 0.29) is 9.89 Å². The molecule has 2 aromatic carbocycles. The first-order chi connectivity index (χ1) is 11.6. The fourth-order valence-electron chi connectivity index (χ4n) is 3.14. The van der Waals surface area contributed by atoms with Crippen LogP contribution in [0.15, 0.2) is 54.6 Å². The van der Waals surface area contributed by atoms with Gasteiger partial charge in [-0.25, -0.2) is 0 Å². The summed E-state index contributed by atoms with van der Waals surface area (Å²) in [4.78, 5) is 12.8. The average Bonchev–Trinajstić information content (AvgIpc) is 2.63. The quantitative estimate of drug-likeness (QED) is 0.443. The number of halogens is 1. The van der Waals surface area contributed by atoms with Crippen LogP contribution in [0.4, 0.5) is 0 Å². The summed E-state index contributed by atoms with van der Waals surface area (Å²) in [6.45, 7) is 3.76. The number of hydrogen-bond donors (Lipinski definition) is 1. The summed E-state index contributed by atoms with van der Waals surface area (Å²) in [6.07, 6.45) is 1.61. The number of carbonyl (C=O) groups is 1. The van der Waals surface area contributed by atoms with Crippen LogP contribution in [-0.4, -0.2) is 19.1 Å². The van der Waals surface area contributed by atoms with E-state index in [0.717, 1.165) is 37.1 Å². The normalized spacial score (nSPS) is 17.9. The molecule has 1 aliphatic heterocycles. The maximum atomic E-state index is 12.8. The lowest BCUT2D eigenvalue weighted by Crippen LogP contribution is -2.43. The molecule has 3 nitrogen and oxygen atoms in total. The smallest absolute Gasteiger partial charge is 0.324 e. The van der Waals surface area contributed by atoms with Crippen molar-refractivity contribution in [2.24, 2.45) is 0 Å². The largest absolute Gasteiger partial charge is 0.453 e. The van der Waals surface area contributed by atoms with Crippen LogP contribution in [0.2, 0.25) is 0 Å². The zero-order valence-electron chi connectivity index (χ0n) is 13.8. The van der Waals surface area contributed by atoms with Gasteiger partial charge in [0.1, 0.15) is 9.53 Å². The minimum absolute atomic E-state index is 0.162. The number of benzene rings is 2. The third-order valence-electron chi connectivity index (χ3n) is 4.58. The van der Waals surface area contributed by atoms with E-state index < -0.39 is 5.60 Å². The van der Waals surface area contributed by atoms with Crippen LogP contribution in [0.1, 0.15) is 33.5 Å². The number of aryl methyl sites for hydroxylation is 1. The molecule has 0 aliphatic carbocycles. The van der Waals surface area contributed by atoms with E-state index in [0.29, 0.717) is 0 Å². The first-order valence-corrected chi connectivity index (χ1v) is 9.55. The second kappa shape index (κ2) is 7.66. The van der Waals surface area contributed by atoms with Crippen molar-refractivity contribution < 1.29 is 9.53 Å². The van der Waals surface area contributed by atoms with Crippen molar-refractivity contribution in [2.45, 2.75) is 29.3 Å². The van der Waals surface area contributed by atoms with Crippen LogP contribution < -0.4 is 5.32 Å². The molecule has 126 valence electrons. The van der Waals surface area contributed by atoms with E-state index in [1.807, 2.05) is 49.4 Å². The fourth-order valence-corrected chi connectivity index (χ4v) is 3.68. The molecule has 1 N–H and O–H groups in total. The predicted molar refractivity (Wildman–Crippen MR) is 104 cm³/mol. The van der Waals surface area contributed by atoms with Crippen LogP contribution in [0.25, 0.3) is 0 Å². The van der Waals surface area contributed by atoms with Crippen LogP contribution in [0.3, 0.4) is 0 Å². The second-order valence-corrected chi connectivity index (χ2v) is 7.55. The Morgan fingerprint density at radius 2 is 1.71 bits per heavy atom. The highest BCUT2D eigenvalue weighted by molar-refractivity contribution is 14.1. The second-order valence-electron chi connectivity index (χ2n) is 6.30. The highest BCUT2D eigenvalue weighted by Crippen LogP contribution is 2.37. The number of alkyl halides is 1. The summed E-state index contributed by atoms with van der Waals surface area (Å²) >= 11 is 2.18. The summed E-state index contributed by atoms with van der Waals surface area (Å²) in [7, 11) is 0. The Morgan fingerprint density at radius 1 is 1.08 bits per heavy atom. The van der Waals surface area contributed by atoms with Gasteiger partial charge in [0, 0.05) is 12.8 Å². The Bertz CT molecular complexity index is 679. The van der Waals surface area contributed by atoms with Gasteiger partial charge < -0.3 is 10.1 Å². The first-order valence-electron chi connectivity index (χ1n) is 8.30. The molecule has 0 saturated carbocycles. The molecule has 0 aromatic heterocycles. The van der Waals surface area contributed by atoms with Gasteiger partial charge in [0.15, 0.2) is 0 Å². The molecule has 1 saturated heterocycles. The van der Waals surface area contributed by atoms with Gasteiger partial charge in [0.25, 0.3) is 0 Å². The van der Waals surface area contributed by atoms with Crippen molar-refractivity contribution in [1.29, 1.82) is 0 Å². The Balaban J connectivity index is 1.82. The molecular weight excluding hydrogens is 413 g/mol. The molecule has 1 heterocycles. The van der Waals surface area contributed by atoms with Crippen molar-refractivity contribution in [2.75, 3.05) is 13.1 Å². The summed E-state index contributed by atoms with van der Waals surface area (Å²) in [5.74, 6) is -0.162. The molecule has 24 heavy (non-hydrogen) atoms. The van der Waals surface area contributed by atoms with E-state index >= 15 is 0 Å². The van der Waals surface area contributed by atoms with Crippen LogP contribution in [-0.2, 0) is 15.1 Å². The van der Waals surface area contributed by atoms with E-state index in [2.05, 4.69) is 40.0 Å². The molecule has 0 bridgehead atoms. The lowest BCUT2D eigenvalue weighted by atomic mass is 9.84. The first kappa shape index (κ1) is 17.4. The minimum atomic E-state index is -0.516. The maximum Gasteiger partial charge on any atom is 0.324 e. The number of ether oxygens (including phenoxy) is 1. The Kier molecular flexibility index (Phi) is 5.56. The summed E-state index contributed by atoms with van der Waals surface area (Å²) in [5, 5.41) is 3.36. The van der Waals surface area contributed by atoms with Gasteiger partial charge in [0.05, 0.1) is 0 Å². The third kappa shape index (κ3) is 3.81. The topological polar surface area (TPSA) is 38.3 Å². The lowest BCUT2D eigenvalue weighted by molar-refractivity contribution is -0.163. The molecule has 1 aliphatic rings. The van der Waals surface area contributed by atoms with Gasteiger partial charge in [-0.2, -0.15) is 0 Å². The highest BCUT2D eigenvalue weighted by atomic mass is 127. The third-order valence-corrected chi connectivity index (χ3v) is 5.81. The average molecular weight is 435 g/mol. The molecule has 1 fully saturated rings. The van der Waals surface area contributed by atoms with Crippen molar-refractivity contribution >= 4 is 28.6 Å². The number of esters is 1. The maximum absolute atomic E-state index is 12.8. The Morgan fingerprint density at radius 3 is 2.33 bits per heavy atom. The number of hydrogen-bond acceptors (Lipinski definition) is 3. The molecule has 0 radical (unpaired) electrons. The monoisotopic (exact) mass is 435 g/mol. The van der Waals surface area contributed by atoms with Crippen LogP contribution in [0, 0.1) is 6.92 Å². The highest BCUT2D eigenvalue weighted by Gasteiger charge is 2.39. The van der Waals surface area contributed by atoms with E-state index in [9.17, 15) is 4.79 Å². The van der Waals surface area contributed by atoms with Crippen LogP contribution in [0.5, 0.6) is 0 Å². The predicted octanol–water partition coefficient (Wildman–Crippen LogP) is 4.29. The molecule has 0 spiro atoms. The Labute approximate surface area is 156 Å². The lowest BCUT2D eigenvalue weighted by Gasteiger charge is -2.38. The van der Waals surface area contributed by atoms with Gasteiger partial charge in [-0.3, -0.25) is 4.79 Å². The molecule has 0 amide bonds. The summed E-state index contributed by atoms with van der Waals surface area (Å²) in [5.41, 5.74) is 2.75. The van der Waals surface area contributed by atoms with Gasteiger partial charge in [0.2, 0.25) is 0 Å². The number of rotatable bonds is 4. The zero-order valence-corrected chi connectivity index (χ0v) is 16.0. The molecule has 4 heteroatoms. The molecule has 2 aromatic rings. The molecule has 1 unspecified atom stereocenters. The number of piperidine rings is 1. The van der Waals surface area contributed by atoms with Crippen molar-refractivity contribution in [3.63, 3.8) is 0 Å². The minimum Gasteiger partial charge on any atom is -0.453 e. The SMILES string of the molecule is Cc1ccc(C(I)C(=O)OC2(c3ccccc3)CCNCC2)cc1. The Hall–Kier alpha value is -1.40. The van der Waals surface area contributed by atoms with Gasteiger partial charge >= 0.3 is 5.97 Å². The van der Waals surface area contributed by atoms with Crippen molar-refractivity contribution in [1.82, 2.24) is 5.32 Å². The summed E-state index contributed by atoms with van der Waals surface area (Å²) in [6, 6.07) is 18.2. The standard InChI is InChI=1S/C20H22INO2/c1-15-7-9-16(10-8-15)18(21)19(23)24-20(11-13-22-14-12-20)17-5-3-2-4-6-17/h2-10,18,22H,11-14H2,1H3. The number of carbonyl (C=O) groups excluding carboxylic acids is 1. The van der Waals surface area contributed by atoms with Crippen molar-refractivity contribution in [3.8, 4) is 0 Å². The number of nitrogens with one attached hydrogen (secondary N) is 1. The van der Waals surface area contributed by atoms with E-state index in [1.165, 1.54) is 5.56 Å². The van der Waals surface area contributed by atoms with Gasteiger partial charge in [-0.05, 0) is 31.1 Å². The summed E-state index contributed by atoms with van der Waals surface area (Å²) < 4.78 is 5.83. The van der Waals surface area contributed by atoms with Gasteiger partial charge in [-0.1, -0.05) is 82.8 Å². The zero-order chi connectivity index (χ0) is 17.0. The molecular formula is C20H22INO2. The van der Waals surface area contributed by atoms with E-state index in [1.54, 1.807) is 0 Å².